The molecule has 0 spiro atoms. The average Bonchev–Trinajstić information content (AvgIpc) is 2.67. The molecule has 0 aliphatic carbocycles. The maximum absolute atomic E-state index is 13.1. The van der Waals surface area contributed by atoms with Crippen LogP contribution in [0.3, 0.4) is 0 Å². The van der Waals surface area contributed by atoms with Crippen LogP contribution in [0, 0.1) is 6.92 Å². The van der Waals surface area contributed by atoms with Crippen LogP contribution in [-0.2, 0) is 28.9 Å². The molecule has 8 heteroatoms. The maximum atomic E-state index is 13.1. The number of ether oxygens (including phenoxy) is 2. The molecule has 0 atom stereocenters. The van der Waals surface area contributed by atoms with E-state index in [1.807, 2.05) is 6.92 Å². The van der Waals surface area contributed by atoms with Gasteiger partial charge in [-0.3, -0.25) is 0 Å². The summed E-state index contributed by atoms with van der Waals surface area (Å²) in [6, 6.07) is 14.8. The van der Waals surface area contributed by atoms with E-state index in [2.05, 4.69) is 4.74 Å². The molecule has 0 fully saturated rings. The summed E-state index contributed by atoms with van der Waals surface area (Å²) in [6.45, 7) is 1.81. The third kappa shape index (κ3) is 4.85. The van der Waals surface area contributed by atoms with Crippen LogP contribution in [0.2, 0.25) is 0 Å². The Morgan fingerprint density at radius 1 is 0.852 bits per heavy atom. The van der Waals surface area contributed by atoms with Gasteiger partial charge in [-0.15, -0.1) is 0 Å². The van der Waals surface area contributed by atoms with Crippen LogP contribution in [0.25, 0.3) is 0 Å². The number of sulfone groups is 1. The summed E-state index contributed by atoms with van der Waals surface area (Å²) in [5, 5.41) is 0. The van der Waals surface area contributed by atoms with Gasteiger partial charge in [-0.05, 0) is 0 Å². The first-order valence-electron chi connectivity index (χ1n) is 7.76. The van der Waals surface area contributed by atoms with Crippen molar-refractivity contribution in [2.75, 3.05) is 14.2 Å². The Balaban J connectivity index is 2.72. The van der Waals surface area contributed by atoms with Crippen molar-refractivity contribution in [3.63, 3.8) is 0 Å². The van der Waals surface area contributed by atoms with E-state index in [1.165, 1.54) is 12.1 Å². The number of methoxy groups -OCH3 is 2. The zero-order valence-corrected chi connectivity index (χ0v) is 17.5. The van der Waals surface area contributed by atoms with Crippen LogP contribution >= 0.6 is 0 Å². The molecule has 0 N–H and O–H groups in total. The summed E-state index contributed by atoms with van der Waals surface area (Å²) in [6.07, 6.45) is 0. The molecule has 6 nitrogen and oxygen atoms in total. The van der Waals surface area contributed by atoms with Gasteiger partial charge in [-0.25, -0.2) is 0 Å². The van der Waals surface area contributed by atoms with Crippen LogP contribution in [0.5, 0.6) is 0 Å². The number of aryl methyl sites for hydroxylation is 1. The molecule has 2 rings (SSSR count). The molecule has 0 saturated heterocycles. The van der Waals surface area contributed by atoms with Gasteiger partial charge in [0.05, 0.1) is 0 Å². The molecule has 142 valence electrons. The monoisotopic (exact) mass is 454 g/mol. The normalized spacial score (nSPS) is 12.1. The van der Waals surface area contributed by atoms with Gasteiger partial charge in [0, 0.05) is 0 Å². The number of carbonyl (C=O) groups excluding carboxylic acids is 2. The van der Waals surface area contributed by atoms with E-state index in [4.69, 9.17) is 4.74 Å². The number of hydrogen-bond donors (Lipinski definition) is 0. The molecule has 0 heterocycles. The second kappa shape index (κ2) is 8.99. The van der Waals surface area contributed by atoms with Gasteiger partial charge in [-0.2, -0.15) is 0 Å². The molecule has 2 aromatic carbocycles. The van der Waals surface area contributed by atoms with Crippen molar-refractivity contribution in [1.82, 2.24) is 0 Å². The van der Waals surface area contributed by atoms with Gasteiger partial charge in [0.2, 0.25) is 0 Å². The van der Waals surface area contributed by atoms with Crippen molar-refractivity contribution in [3.8, 4) is 0 Å². The predicted molar refractivity (Wildman–Crippen MR) is 101 cm³/mol. The average molecular weight is 453 g/mol. The first-order valence-corrected chi connectivity index (χ1v) is 11.0. The van der Waals surface area contributed by atoms with Crippen LogP contribution < -0.4 is 4.46 Å². The van der Waals surface area contributed by atoms with Gasteiger partial charge in [0.1, 0.15) is 0 Å². The molecule has 0 aromatic heterocycles. The molecule has 0 radical (unpaired) electrons. The summed E-state index contributed by atoms with van der Waals surface area (Å²) in [4.78, 5) is 24.0. The van der Waals surface area contributed by atoms with Gasteiger partial charge < -0.3 is 0 Å². The summed E-state index contributed by atoms with van der Waals surface area (Å²) >= 11 is -0.782. The first-order chi connectivity index (χ1) is 12.8. The SMILES string of the molecule is COC(=O)/C([Se]c1ccccc1)=C(/C(=O)OC)S(=O)(=O)c1ccc(C)cc1. The second-order valence-electron chi connectivity index (χ2n) is 5.37. The topological polar surface area (TPSA) is 86.7 Å². The van der Waals surface area contributed by atoms with Crippen molar-refractivity contribution >= 4 is 41.2 Å². The van der Waals surface area contributed by atoms with Crippen LogP contribution in [0.15, 0.2) is 68.9 Å². The van der Waals surface area contributed by atoms with Crippen LogP contribution in [-0.4, -0.2) is 49.5 Å². The van der Waals surface area contributed by atoms with Crippen molar-refractivity contribution in [2.24, 2.45) is 0 Å². The molecular formula is C19H18O6SSe. The minimum absolute atomic E-state index is 0.0984. The Morgan fingerprint density at radius 3 is 1.93 bits per heavy atom. The van der Waals surface area contributed by atoms with Crippen molar-refractivity contribution in [1.29, 1.82) is 0 Å². The fourth-order valence-electron chi connectivity index (χ4n) is 2.13. The molecule has 0 saturated carbocycles. The molecule has 0 aliphatic rings. The molecular weight excluding hydrogens is 435 g/mol. The zero-order chi connectivity index (χ0) is 20.0. The number of carbonyl (C=O) groups is 2. The zero-order valence-electron chi connectivity index (χ0n) is 15.0. The van der Waals surface area contributed by atoms with Crippen molar-refractivity contribution in [2.45, 2.75) is 11.8 Å². The molecule has 0 bridgehead atoms. The Hall–Kier alpha value is -2.41. The van der Waals surface area contributed by atoms with Gasteiger partial charge in [0.15, 0.2) is 0 Å². The van der Waals surface area contributed by atoms with Crippen LogP contribution in [0.1, 0.15) is 5.56 Å². The number of esters is 2. The Morgan fingerprint density at radius 2 is 1.41 bits per heavy atom. The fourth-order valence-corrected chi connectivity index (χ4v) is 6.23. The Kier molecular flexibility index (Phi) is 6.96. The Bertz CT molecular complexity index is 963. The molecule has 27 heavy (non-hydrogen) atoms. The third-order valence-corrected chi connectivity index (χ3v) is 7.88. The van der Waals surface area contributed by atoms with E-state index in [1.54, 1.807) is 42.5 Å². The summed E-state index contributed by atoms with van der Waals surface area (Å²) in [7, 11) is -2.08. The van der Waals surface area contributed by atoms with E-state index < -0.39 is 41.6 Å². The number of hydrogen-bond acceptors (Lipinski definition) is 6. The fraction of sp³-hybridized carbons (Fsp3) is 0.158. The second-order valence-corrected chi connectivity index (χ2v) is 9.53. The van der Waals surface area contributed by atoms with E-state index in [-0.39, 0.29) is 9.37 Å². The molecule has 0 amide bonds. The van der Waals surface area contributed by atoms with E-state index >= 15 is 0 Å². The molecule has 0 unspecified atom stereocenters. The standard InChI is InChI=1S/C19H18O6SSe/c1-13-9-11-14(12-10-13)26(22,23)16(18(20)24-2)17(19(21)25-3)27-15-7-5-4-6-8-15/h4-12H,1-3H3/b17-16+. The van der Waals surface area contributed by atoms with E-state index in [0.717, 1.165) is 19.8 Å². The van der Waals surface area contributed by atoms with Gasteiger partial charge in [-0.1, -0.05) is 0 Å². The predicted octanol–water partition coefficient (Wildman–Crippen LogP) is 1.36. The quantitative estimate of drug-likeness (QED) is 0.373. The van der Waals surface area contributed by atoms with E-state index in [0.29, 0.717) is 4.46 Å². The van der Waals surface area contributed by atoms with Gasteiger partial charge >= 0.3 is 164 Å². The van der Waals surface area contributed by atoms with Crippen molar-refractivity contribution in [3.05, 3.63) is 69.5 Å². The van der Waals surface area contributed by atoms with Crippen LogP contribution in [0.4, 0.5) is 0 Å². The summed E-state index contributed by atoms with van der Waals surface area (Å²) < 4.78 is 36.2. The summed E-state index contributed by atoms with van der Waals surface area (Å²) in [5.74, 6) is -1.98. The first kappa shape index (κ1) is 20.9. The summed E-state index contributed by atoms with van der Waals surface area (Å²) in [5.41, 5.74) is 0.860. The number of rotatable bonds is 6. The molecule has 0 aliphatic heterocycles. The molecule has 2 aromatic rings. The Labute approximate surface area is 164 Å². The number of benzene rings is 2. The van der Waals surface area contributed by atoms with E-state index in [9.17, 15) is 18.0 Å². The van der Waals surface area contributed by atoms with Crippen molar-refractivity contribution < 1.29 is 27.5 Å². The minimum atomic E-state index is -4.28. The van der Waals surface area contributed by atoms with Gasteiger partial charge in [0.25, 0.3) is 0 Å². The third-order valence-electron chi connectivity index (χ3n) is 3.51.